The molecular weight excluding hydrogens is 581 g/mol. The smallest absolute Gasteiger partial charge is 0.268 e. The van der Waals surface area contributed by atoms with Crippen LogP contribution in [0.25, 0.3) is 0 Å². The van der Waals surface area contributed by atoms with Gasteiger partial charge in [0.25, 0.3) is 10.0 Å². The number of aromatic nitrogens is 1. The quantitative estimate of drug-likeness (QED) is 0.209. The van der Waals surface area contributed by atoms with E-state index in [1.165, 1.54) is 26.5 Å². The molecule has 9 nitrogen and oxygen atoms in total. The van der Waals surface area contributed by atoms with Gasteiger partial charge in [0.2, 0.25) is 0 Å². The highest BCUT2D eigenvalue weighted by atomic mass is 35.5. The first kappa shape index (κ1) is 30.4. The second-order valence-electron chi connectivity index (χ2n) is 9.12. The Morgan fingerprint density at radius 3 is 2.48 bits per heavy atom. The highest BCUT2D eigenvalue weighted by molar-refractivity contribution is 7.92. The lowest BCUT2D eigenvalue weighted by molar-refractivity contribution is 0.391. The Hall–Kier alpha value is -4.53. The maximum atomic E-state index is 15.7. The molecule has 0 aliphatic rings. The maximum Gasteiger partial charge on any atom is 0.268 e. The fourth-order valence-corrected chi connectivity index (χ4v) is 5.95. The zero-order chi connectivity index (χ0) is 30.4. The van der Waals surface area contributed by atoms with Crippen LogP contribution in [0.3, 0.4) is 0 Å². The number of hydrogen-bond acceptors (Lipinski definition) is 8. The summed E-state index contributed by atoms with van der Waals surface area (Å²) in [6.45, 7) is 2.39. The SMILES string of the molecule is CCN(C)c1cc(C#N)ccc1Nc1cc(F)c(S(=O)(=O)N(Cc2ccc(OC)cc2OC)c2ccccn2)cc1Cl. The minimum absolute atomic E-state index is 0.0209. The predicted octanol–water partition coefficient (Wildman–Crippen LogP) is 6.36. The lowest BCUT2D eigenvalue weighted by Crippen LogP contribution is -2.32. The molecule has 0 fully saturated rings. The summed E-state index contributed by atoms with van der Waals surface area (Å²) in [5.74, 6) is -0.0143. The van der Waals surface area contributed by atoms with Crippen molar-refractivity contribution in [1.29, 1.82) is 5.26 Å². The summed E-state index contributed by atoms with van der Waals surface area (Å²) in [4.78, 5) is 5.50. The monoisotopic (exact) mass is 609 g/mol. The van der Waals surface area contributed by atoms with Gasteiger partial charge in [0.1, 0.15) is 28.0 Å². The summed E-state index contributed by atoms with van der Waals surface area (Å²) in [5.41, 5.74) is 2.38. The number of nitrogens with one attached hydrogen (secondary N) is 1. The first-order valence-electron chi connectivity index (χ1n) is 12.8. The van der Waals surface area contributed by atoms with E-state index >= 15 is 4.39 Å². The summed E-state index contributed by atoms with van der Waals surface area (Å²) >= 11 is 6.55. The third-order valence-corrected chi connectivity index (χ3v) is 8.66. The molecule has 42 heavy (non-hydrogen) atoms. The molecule has 0 radical (unpaired) electrons. The molecule has 0 saturated carbocycles. The number of nitriles is 1. The van der Waals surface area contributed by atoms with Crippen LogP contribution in [0.2, 0.25) is 5.02 Å². The molecule has 3 aromatic carbocycles. The number of benzene rings is 3. The highest BCUT2D eigenvalue weighted by Crippen LogP contribution is 2.37. The van der Waals surface area contributed by atoms with Gasteiger partial charge in [-0.05, 0) is 55.5 Å². The molecule has 0 aliphatic heterocycles. The molecule has 4 aromatic rings. The highest BCUT2D eigenvalue weighted by Gasteiger charge is 2.31. The second kappa shape index (κ2) is 13.0. The van der Waals surface area contributed by atoms with E-state index in [4.69, 9.17) is 21.1 Å². The van der Waals surface area contributed by atoms with E-state index in [0.717, 1.165) is 16.4 Å². The summed E-state index contributed by atoms with van der Waals surface area (Å²) in [6, 6.07) is 19.0. The van der Waals surface area contributed by atoms with Crippen LogP contribution in [-0.2, 0) is 16.6 Å². The number of hydrogen-bond donors (Lipinski definition) is 1. The Kier molecular flexibility index (Phi) is 9.40. The molecule has 0 unspecified atom stereocenters. The molecule has 1 heterocycles. The van der Waals surface area contributed by atoms with Crippen molar-refractivity contribution < 1.29 is 22.3 Å². The molecular formula is C30H29ClFN5O4S. The Bertz CT molecular complexity index is 1730. The van der Waals surface area contributed by atoms with Crippen LogP contribution >= 0.6 is 11.6 Å². The fourth-order valence-electron chi connectivity index (χ4n) is 4.21. The van der Waals surface area contributed by atoms with Crippen molar-refractivity contribution in [1.82, 2.24) is 4.98 Å². The molecule has 0 saturated heterocycles. The van der Waals surface area contributed by atoms with E-state index in [9.17, 15) is 13.7 Å². The van der Waals surface area contributed by atoms with Gasteiger partial charge in [-0.25, -0.2) is 22.1 Å². The Morgan fingerprint density at radius 1 is 1.05 bits per heavy atom. The topological polar surface area (TPSA) is 108 Å². The van der Waals surface area contributed by atoms with Crippen molar-refractivity contribution in [3.63, 3.8) is 0 Å². The summed E-state index contributed by atoms with van der Waals surface area (Å²) in [6.07, 6.45) is 1.45. The fraction of sp³-hybridized carbons (Fsp3) is 0.200. The maximum absolute atomic E-state index is 15.7. The summed E-state index contributed by atoms with van der Waals surface area (Å²) in [7, 11) is 0.300. The van der Waals surface area contributed by atoms with E-state index in [1.807, 2.05) is 18.9 Å². The van der Waals surface area contributed by atoms with Crippen molar-refractivity contribution in [2.45, 2.75) is 18.4 Å². The minimum atomic E-state index is -4.52. The number of sulfonamides is 1. The average molecular weight is 610 g/mol. The third kappa shape index (κ3) is 6.35. The van der Waals surface area contributed by atoms with Crippen molar-refractivity contribution >= 4 is 44.5 Å². The van der Waals surface area contributed by atoms with Gasteiger partial charge in [0, 0.05) is 37.5 Å². The number of methoxy groups -OCH3 is 2. The van der Waals surface area contributed by atoms with Crippen LogP contribution in [0.5, 0.6) is 11.5 Å². The van der Waals surface area contributed by atoms with E-state index < -0.39 is 20.7 Å². The molecule has 4 rings (SSSR count). The number of rotatable bonds is 11. The van der Waals surface area contributed by atoms with Gasteiger partial charge < -0.3 is 19.7 Å². The average Bonchev–Trinajstić information content (AvgIpc) is 3.01. The lowest BCUT2D eigenvalue weighted by Gasteiger charge is -2.25. The minimum Gasteiger partial charge on any atom is -0.497 e. The van der Waals surface area contributed by atoms with Crippen LogP contribution in [0.4, 0.5) is 27.3 Å². The number of halogens is 2. The number of nitrogens with zero attached hydrogens (tertiary/aromatic N) is 4. The largest absolute Gasteiger partial charge is 0.497 e. The summed E-state index contributed by atoms with van der Waals surface area (Å²) < 4.78 is 55.5. The summed E-state index contributed by atoms with van der Waals surface area (Å²) in [5, 5.41) is 12.4. The van der Waals surface area contributed by atoms with Crippen LogP contribution in [0, 0.1) is 17.1 Å². The van der Waals surface area contributed by atoms with Crippen molar-refractivity contribution in [3.05, 3.63) is 94.9 Å². The Labute approximate surface area is 249 Å². The molecule has 1 aromatic heterocycles. The van der Waals surface area contributed by atoms with Crippen LogP contribution in [0.15, 0.2) is 77.8 Å². The number of pyridine rings is 1. The van der Waals surface area contributed by atoms with Gasteiger partial charge in [-0.3, -0.25) is 0 Å². The zero-order valence-corrected chi connectivity index (χ0v) is 25.0. The van der Waals surface area contributed by atoms with Crippen molar-refractivity contribution in [2.75, 3.05) is 42.3 Å². The van der Waals surface area contributed by atoms with Gasteiger partial charge >= 0.3 is 0 Å². The second-order valence-corrected chi connectivity index (χ2v) is 11.4. The van der Waals surface area contributed by atoms with Crippen molar-refractivity contribution in [3.8, 4) is 17.6 Å². The van der Waals surface area contributed by atoms with Crippen LogP contribution in [0.1, 0.15) is 18.1 Å². The molecule has 218 valence electrons. The first-order chi connectivity index (χ1) is 20.1. The van der Waals surface area contributed by atoms with E-state index in [0.29, 0.717) is 40.5 Å². The number of anilines is 4. The molecule has 1 N–H and O–H groups in total. The van der Waals surface area contributed by atoms with Gasteiger partial charge in [0.05, 0.1) is 54.5 Å². The molecule has 12 heteroatoms. The Morgan fingerprint density at radius 2 is 1.83 bits per heavy atom. The Balaban J connectivity index is 1.76. The van der Waals surface area contributed by atoms with Crippen LogP contribution < -0.4 is 24.0 Å². The van der Waals surface area contributed by atoms with Gasteiger partial charge in [-0.2, -0.15) is 5.26 Å². The van der Waals surface area contributed by atoms with E-state index in [-0.39, 0.29) is 23.1 Å². The normalized spacial score (nSPS) is 11.0. The molecule has 0 atom stereocenters. The first-order valence-corrected chi connectivity index (χ1v) is 14.6. The predicted molar refractivity (Wildman–Crippen MR) is 162 cm³/mol. The lowest BCUT2D eigenvalue weighted by atomic mass is 10.1. The van der Waals surface area contributed by atoms with Crippen LogP contribution in [-0.4, -0.2) is 41.2 Å². The third-order valence-electron chi connectivity index (χ3n) is 6.58. The van der Waals surface area contributed by atoms with Gasteiger partial charge in [-0.1, -0.05) is 17.7 Å². The van der Waals surface area contributed by atoms with Crippen molar-refractivity contribution in [2.24, 2.45) is 0 Å². The molecule has 0 aliphatic carbocycles. The van der Waals surface area contributed by atoms with Gasteiger partial charge in [0.15, 0.2) is 0 Å². The molecule has 0 amide bonds. The standard InChI is InChI=1S/C30H29ClFN5O4S/c1-5-36(2)27-14-20(18-33)9-12-25(27)35-26-17-24(32)29(16-23(26)31)42(38,39)37(30-8-6-7-13-34-30)19-21-10-11-22(40-3)15-28(21)41-4/h6-17,35H,5,19H2,1-4H3. The van der Waals surface area contributed by atoms with E-state index in [1.54, 1.807) is 48.5 Å². The van der Waals surface area contributed by atoms with E-state index in [2.05, 4.69) is 16.4 Å². The zero-order valence-electron chi connectivity index (χ0n) is 23.4. The molecule has 0 bridgehead atoms. The molecule has 0 spiro atoms. The van der Waals surface area contributed by atoms with Gasteiger partial charge in [-0.15, -0.1) is 0 Å². The number of ether oxygens (including phenoxy) is 2.